The van der Waals surface area contributed by atoms with Crippen LogP contribution in [0.3, 0.4) is 0 Å². The summed E-state index contributed by atoms with van der Waals surface area (Å²) >= 11 is 0. The molecule has 20 heavy (non-hydrogen) atoms. The van der Waals surface area contributed by atoms with Gasteiger partial charge in [-0.05, 0) is 36.0 Å². The van der Waals surface area contributed by atoms with Gasteiger partial charge in [0.15, 0.2) is 0 Å². The van der Waals surface area contributed by atoms with Gasteiger partial charge in [-0.3, -0.25) is 0 Å². The highest BCUT2D eigenvalue weighted by Gasteiger charge is 2.24. The van der Waals surface area contributed by atoms with Crippen molar-refractivity contribution < 1.29 is 4.42 Å². The Morgan fingerprint density at radius 1 is 1.15 bits per heavy atom. The summed E-state index contributed by atoms with van der Waals surface area (Å²) < 4.78 is 5.58. The van der Waals surface area contributed by atoms with Crippen LogP contribution in [0.15, 0.2) is 41.0 Å². The first-order chi connectivity index (χ1) is 9.55. The number of furan rings is 1. The van der Waals surface area contributed by atoms with Gasteiger partial charge in [-0.2, -0.15) is 0 Å². The molecule has 1 aromatic carbocycles. The van der Waals surface area contributed by atoms with Gasteiger partial charge in [-0.15, -0.1) is 0 Å². The molecule has 1 atom stereocenters. The third-order valence-electron chi connectivity index (χ3n) is 4.12. The lowest BCUT2D eigenvalue weighted by Gasteiger charge is -2.28. The van der Waals surface area contributed by atoms with Gasteiger partial charge in [0.1, 0.15) is 5.76 Å². The third kappa shape index (κ3) is 2.47. The highest BCUT2D eigenvalue weighted by molar-refractivity contribution is 5.55. The van der Waals surface area contributed by atoms with E-state index in [9.17, 15) is 0 Å². The molecular weight excluding hydrogens is 246 g/mol. The molecular formula is C18H23NO. The number of hydrogen-bond donors (Lipinski definition) is 1. The van der Waals surface area contributed by atoms with E-state index in [-0.39, 0.29) is 5.41 Å². The quantitative estimate of drug-likeness (QED) is 0.823. The molecule has 0 aliphatic heterocycles. The molecule has 1 heterocycles. The molecule has 0 amide bonds. The maximum Gasteiger partial charge on any atom is 0.109 e. The number of aryl methyl sites for hydroxylation is 1. The Kier molecular flexibility index (Phi) is 3.33. The monoisotopic (exact) mass is 269 g/mol. The van der Waals surface area contributed by atoms with Crippen LogP contribution in [0.4, 0.5) is 5.69 Å². The second kappa shape index (κ2) is 5.01. The van der Waals surface area contributed by atoms with Crippen molar-refractivity contribution in [2.75, 3.05) is 5.32 Å². The minimum Gasteiger partial charge on any atom is -0.469 e. The maximum atomic E-state index is 5.58. The predicted molar refractivity (Wildman–Crippen MR) is 83.2 cm³/mol. The van der Waals surface area contributed by atoms with Crippen LogP contribution in [0.2, 0.25) is 0 Å². The molecule has 2 nitrogen and oxygen atoms in total. The van der Waals surface area contributed by atoms with Crippen molar-refractivity contribution in [1.29, 1.82) is 0 Å². The molecule has 0 bridgehead atoms. The van der Waals surface area contributed by atoms with Crippen LogP contribution in [-0.4, -0.2) is 0 Å². The summed E-state index contributed by atoms with van der Waals surface area (Å²) in [5.74, 6) is 1.15. The number of nitrogens with one attached hydrogen (secondary N) is 1. The molecule has 1 N–H and O–H groups in total. The van der Waals surface area contributed by atoms with E-state index in [1.807, 2.05) is 6.26 Å². The zero-order valence-electron chi connectivity index (χ0n) is 12.6. The lowest BCUT2D eigenvalue weighted by molar-refractivity contribution is 0.461. The minimum absolute atomic E-state index is 0.150. The van der Waals surface area contributed by atoms with Gasteiger partial charge in [0.05, 0.1) is 12.3 Å². The van der Waals surface area contributed by atoms with Crippen molar-refractivity contribution in [2.45, 2.75) is 51.5 Å². The van der Waals surface area contributed by atoms with E-state index in [0.717, 1.165) is 12.2 Å². The summed E-state index contributed by atoms with van der Waals surface area (Å²) in [4.78, 5) is 0. The molecule has 0 spiro atoms. The van der Waals surface area contributed by atoms with Gasteiger partial charge in [-0.1, -0.05) is 39.0 Å². The number of hydrogen-bond acceptors (Lipinski definition) is 2. The molecule has 0 saturated carbocycles. The van der Waals surface area contributed by atoms with Crippen LogP contribution in [0.5, 0.6) is 0 Å². The average molecular weight is 269 g/mol. The van der Waals surface area contributed by atoms with Crippen LogP contribution in [0.1, 0.15) is 56.5 Å². The van der Waals surface area contributed by atoms with Crippen molar-refractivity contribution in [3.8, 4) is 0 Å². The van der Waals surface area contributed by atoms with Crippen molar-refractivity contribution in [3.05, 3.63) is 53.5 Å². The van der Waals surface area contributed by atoms with E-state index in [1.54, 1.807) is 0 Å². The van der Waals surface area contributed by atoms with Crippen molar-refractivity contribution >= 4 is 5.69 Å². The van der Waals surface area contributed by atoms with Crippen molar-refractivity contribution in [3.63, 3.8) is 0 Å². The molecule has 2 aromatic rings. The predicted octanol–water partition coefficient (Wildman–Crippen LogP) is 5.07. The number of para-hydroxylation sites is 1. The molecule has 3 rings (SSSR count). The molecule has 0 saturated heterocycles. The number of fused-ring (bicyclic) bond motifs is 1. The maximum absolute atomic E-state index is 5.58. The molecule has 1 aliphatic rings. The Hall–Kier alpha value is -1.70. The van der Waals surface area contributed by atoms with Crippen LogP contribution >= 0.6 is 0 Å². The lowest BCUT2D eigenvalue weighted by atomic mass is 9.85. The van der Waals surface area contributed by atoms with Crippen molar-refractivity contribution in [2.24, 2.45) is 0 Å². The normalized spacial score (nSPS) is 18.6. The molecule has 1 aromatic heterocycles. The fourth-order valence-corrected chi connectivity index (χ4v) is 3.09. The summed E-state index contributed by atoms with van der Waals surface area (Å²) in [6.07, 6.45) is 5.25. The van der Waals surface area contributed by atoms with Crippen LogP contribution in [-0.2, 0) is 11.8 Å². The van der Waals surface area contributed by atoms with E-state index < -0.39 is 0 Å². The van der Waals surface area contributed by atoms with Crippen LogP contribution < -0.4 is 5.32 Å². The Balaban J connectivity index is 1.91. The Morgan fingerprint density at radius 2 is 1.95 bits per heavy atom. The summed E-state index contributed by atoms with van der Waals surface area (Å²) in [6.45, 7) is 6.78. The van der Waals surface area contributed by atoms with Gasteiger partial charge in [0, 0.05) is 17.7 Å². The lowest BCUT2D eigenvalue weighted by Crippen LogP contribution is -2.20. The smallest absolute Gasteiger partial charge is 0.109 e. The Labute approximate surface area is 121 Å². The minimum atomic E-state index is 0.150. The first-order valence-electron chi connectivity index (χ1n) is 7.48. The molecule has 0 fully saturated rings. The van der Waals surface area contributed by atoms with Gasteiger partial charge in [-0.25, -0.2) is 0 Å². The van der Waals surface area contributed by atoms with Crippen molar-refractivity contribution in [1.82, 2.24) is 0 Å². The van der Waals surface area contributed by atoms with E-state index >= 15 is 0 Å². The summed E-state index contributed by atoms with van der Waals surface area (Å²) in [5, 5.41) is 3.74. The topological polar surface area (TPSA) is 25.2 Å². The second-order valence-electron chi connectivity index (χ2n) is 6.68. The first-order valence-corrected chi connectivity index (χ1v) is 7.48. The standard InChI is InChI=1S/C18H23NO/c1-18(2,3)14-7-4-5-8-16(14)19-15-9-6-10-17-13(15)11-12-20-17/h4-5,7-8,11-12,15,19H,6,9-10H2,1-3H3. The molecule has 1 aliphatic carbocycles. The first kappa shape index (κ1) is 13.3. The SMILES string of the molecule is CC(C)(C)c1ccccc1NC1CCCc2occc21. The average Bonchev–Trinajstić information content (AvgIpc) is 2.87. The zero-order valence-corrected chi connectivity index (χ0v) is 12.6. The largest absolute Gasteiger partial charge is 0.469 e. The molecule has 1 unspecified atom stereocenters. The second-order valence-corrected chi connectivity index (χ2v) is 6.68. The van der Waals surface area contributed by atoms with Gasteiger partial charge in [0.25, 0.3) is 0 Å². The molecule has 106 valence electrons. The van der Waals surface area contributed by atoms with E-state index in [0.29, 0.717) is 6.04 Å². The van der Waals surface area contributed by atoms with E-state index in [1.165, 1.54) is 29.7 Å². The number of anilines is 1. The number of rotatable bonds is 2. The zero-order chi connectivity index (χ0) is 14.2. The van der Waals surface area contributed by atoms with E-state index in [2.05, 4.69) is 56.4 Å². The summed E-state index contributed by atoms with van der Waals surface area (Å²) in [6, 6.07) is 11.1. The fourth-order valence-electron chi connectivity index (χ4n) is 3.09. The Morgan fingerprint density at radius 3 is 2.75 bits per heavy atom. The summed E-state index contributed by atoms with van der Waals surface area (Å²) in [5.41, 5.74) is 4.10. The van der Waals surface area contributed by atoms with Gasteiger partial charge < -0.3 is 9.73 Å². The third-order valence-corrected chi connectivity index (χ3v) is 4.12. The summed E-state index contributed by atoms with van der Waals surface area (Å²) in [7, 11) is 0. The van der Waals surface area contributed by atoms with Crippen LogP contribution in [0.25, 0.3) is 0 Å². The van der Waals surface area contributed by atoms with Gasteiger partial charge in [0.2, 0.25) is 0 Å². The Bertz CT molecular complexity index is 591. The fraction of sp³-hybridized carbons (Fsp3) is 0.444. The van der Waals surface area contributed by atoms with Gasteiger partial charge >= 0.3 is 0 Å². The highest BCUT2D eigenvalue weighted by atomic mass is 16.3. The highest BCUT2D eigenvalue weighted by Crippen LogP contribution is 2.36. The number of benzene rings is 1. The van der Waals surface area contributed by atoms with Crippen LogP contribution in [0, 0.1) is 0 Å². The van der Waals surface area contributed by atoms with E-state index in [4.69, 9.17) is 4.42 Å². The molecule has 0 radical (unpaired) electrons. The molecule has 2 heteroatoms.